The fraction of sp³-hybridized carbons (Fsp3) is 0.333. The van der Waals surface area contributed by atoms with Crippen LogP contribution >= 0.6 is 0 Å². The molecule has 3 rings (SSSR count). The maximum atomic E-state index is 12.7. The summed E-state index contributed by atoms with van der Waals surface area (Å²) < 4.78 is 11.4. The molecule has 1 aromatic heterocycles. The lowest BCUT2D eigenvalue weighted by atomic mass is 9.98. The zero-order valence-electron chi connectivity index (χ0n) is 17.5. The zero-order valence-corrected chi connectivity index (χ0v) is 17.5. The Morgan fingerprint density at radius 2 is 1.69 bits per heavy atom. The maximum absolute atomic E-state index is 12.7. The van der Waals surface area contributed by atoms with E-state index in [1.54, 1.807) is 4.90 Å². The van der Waals surface area contributed by atoms with Crippen LogP contribution in [-0.2, 0) is 11.2 Å². The second kappa shape index (κ2) is 8.95. The summed E-state index contributed by atoms with van der Waals surface area (Å²) in [5, 5.41) is 0.885. The Balaban J connectivity index is 1.92. The Hall–Kier alpha value is -3.08. The van der Waals surface area contributed by atoms with Gasteiger partial charge in [0.2, 0.25) is 0 Å². The molecule has 0 aliphatic rings. The Bertz CT molecular complexity index is 1070. The molecule has 0 saturated heterocycles. The van der Waals surface area contributed by atoms with Crippen molar-refractivity contribution in [2.24, 2.45) is 0 Å². The lowest BCUT2D eigenvalue weighted by Gasteiger charge is -2.19. The lowest BCUT2D eigenvalue weighted by Crippen LogP contribution is -2.34. The minimum atomic E-state index is -0.335. The quantitative estimate of drug-likeness (QED) is 0.563. The highest BCUT2D eigenvalue weighted by molar-refractivity contribution is 5.86. The number of aryl methyl sites for hydroxylation is 2. The van der Waals surface area contributed by atoms with Gasteiger partial charge in [0.1, 0.15) is 11.3 Å². The molecule has 152 valence electrons. The first kappa shape index (κ1) is 20.6. The van der Waals surface area contributed by atoms with Gasteiger partial charge in [0.05, 0.1) is 0 Å². The number of ether oxygens (including phenoxy) is 1. The monoisotopic (exact) mass is 393 g/mol. The van der Waals surface area contributed by atoms with Gasteiger partial charge >= 0.3 is 5.63 Å². The van der Waals surface area contributed by atoms with Gasteiger partial charge in [0.25, 0.3) is 5.91 Å². The number of hydrogen-bond acceptors (Lipinski definition) is 4. The molecule has 0 fully saturated rings. The van der Waals surface area contributed by atoms with Crippen molar-refractivity contribution in [1.82, 2.24) is 4.90 Å². The third-order valence-corrected chi connectivity index (χ3v) is 5.35. The first-order chi connectivity index (χ1) is 14.0. The minimum Gasteiger partial charge on any atom is -0.483 e. The maximum Gasteiger partial charge on any atom is 0.340 e. The zero-order chi connectivity index (χ0) is 21.0. The van der Waals surface area contributed by atoms with Crippen LogP contribution in [0.3, 0.4) is 0 Å². The highest BCUT2D eigenvalue weighted by Gasteiger charge is 2.17. The van der Waals surface area contributed by atoms with Crippen molar-refractivity contribution >= 4 is 16.9 Å². The van der Waals surface area contributed by atoms with Crippen LogP contribution in [0.4, 0.5) is 0 Å². The SMILES string of the molecule is CCN(CC)C(=O)COc1ccc2c(C)c(Cc3ccccc3)c(=O)oc2c1C. The Kier molecular flexibility index (Phi) is 6.37. The third kappa shape index (κ3) is 4.34. The molecule has 0 atom stereocenters. The molecule has 1 amide bonds. The van der Waals surface area contributed by atoms with Gasteiger partial charge in [-0.25, -0.2) is 4.79 Å². The van der Waals surface area contributed by atoms with Crippen molar-refractivity contribution in [3.63, 3.8) is 0 Å². The number of carbonyl (C=O) groups is 1. The number of hydrogen-bond donors (Lipinski definition) is 0. The van der Waals surface area contributed by atoms with Crippen LogP contribution in [0.25, 0.3) is 11.0 Å². The first-order valence-corrected chi connectivity index (χ1v) is 9.96. The summed E-state index contributed by atoms with van der Waals surface area (Å²) in [4.78, 5) is 26.6. The summed E-state index contributed by atoms with van der Waals surface area (Å²) in [7, 11) is 0. The van der Waals surface area contributed by atoms with E-state index in [0.29, 0.717) is 36.4 Å². The second-order valence-electron chi connectivity index (χ2n) is 7.08. The van der Waals surface area contributed by atoms with E-state index in [4.69, 9.17) is 9.15 Å². The van der Waals surface area contributed by atoms with Crippen molar-refractivity contribution in [2.75, 3.05) is 19.7 Å². The van der Waals surface area contributed by atoms with Crippen LogP contribution in [0.1, 0.15) is 36.1 Å². The van der Waals surface area contributed by atoms with Crippen LogP contribution in [0.2, 0.25) is 0 Å². The largest absolute Gasteiger partial charge is 0.483 e. The predicted molar refractivity (Wildman–Crippen MR) is 115 cm³/mol. The Labute approximate surface area is 170 Å². The molecule has 3 aromatic rings. The summed E-state index contributed by atoms with van der Waals surface area (Å²) in [6.45, 7) is 8.92. The van der Waals surface area contributed by atoms with E-state index < -0.39 is 0 Å². The minimum absolute atomic E-state index is 0.0384. The number of likely N-dealkylation sites (N-methyl/N-ethyl adjacent to an activating group) is 1. The highest BCUT2D eigenvalue weighted by atomic mass is 16.5. The summed E-state index contributed by atoms with van der Waals surface area (Å²) in [6.07, 6.45) is 0.528. The number of carbonyl (C=O) groups excluding carboxylic acids is 1. The summed E-state index contributed by atoms with van der Waals surface area (Å²) >= 11 is 0. The molecule has 0 aliphatic heterocycles. The van der Waals surface area contributed by atoms with Crippen LogP contribution in [0.5, 0.6) is 5.75 Å². The molecule has 5 heteroatoms. The van der Waals surface area contributed by atoms with E-state index in [0.717, 1.165) is 22.1 Å². The Morgan fingerprint density at radius 1 is 1.00 bits per heavy atom. The highest BCUT2D eigenvalue weighted by Crippen LogP contribution is 2.30. The number of fused-ring (bicyclic) bond motifs is 1. The fourth-order valence-corrected chi connectivity index (χ4v) is 3.54. The molecule has 0 spiro atoms. The van der Waals surface area contributed by atoms with E-state index in [-0.39, 0.29) is 18.1 Å². The van der Waals surface area contributed by atoms with Gasteiger partial charge in [-0.1, -0.05) is 30.3 Å². The molecule has 0 radical (unpaired) electrons. The standard InChI is InChI=1S/C24H27NO4/c1-5-25(6-2)22(26)15-28-21-13-12-19-16(3)20(14-18-10-8-7-9-11-18)24(27)29-23(19)17(21)4/h7-13H,5-6,14-15H2,1-4H3. The van der Waals surface area contributed by atoms with Gasteiger partial charge in [0, 0.05) is 36.0 Å². The molecule has 5 nitrogen and oxygen atoms in total. The van der Waals surface area contributed by atoms with Gasteiger partial charge in [-0.05, 0) is 51.0 Å². The smallest absolute Gasteiger partial charge is 0.340 e. The van der Waals surface area contributed by atoms with Gasteiger partial charge in [-0.15, -0.1) is 0 Å². The first-order valence-electron chi connectivity index (χ1n) is 9.96. The topological polar surface area (TPSA) is 59.8 Å². The average molecular weight is 393 g/mol. The molecular weight excluding hydrogens is 366 g/mol. The normalized spacial score (nSPS) is 10.9. The number of nitrogens with zero attached hydrogens (tertiary/aromatic N) is 1. The van der Waals surface area contributed by atoms with Crippen LogP contribution in [-0.4, -0.2) is 30.5 Å². The molecule has 0 bridgehead atoms. The second-order valence-corrected chi connectivity index (χ2v) is 7.08. The lowest BCUT2D eigenvalue weighted by molar-refractivity contribution is -0.132. The van der Waals surface area contributed by atoms with Gasteiger partial charge in [-0.3, -0.25) is 4.79 Å². The molecule has 0 unspecified atom stereocenters. The van der Waals surface area contributed by atoms with Crippen LogP contribution in [0, 0.1) is 13.8 Å². The average Bonchev–Trinajstić information content (AvgIpc) is 2.73. The van der Waals surface area contributed by atoms with E-state index in [1.807, 2.05) is 70.2 Å². The van der Waals surface area contributed by atoms with E-state index in [2.05, 4.69) is 0 Å². The number of rotatable bonds is 7. The van der Waals surface area contributed by atoms with Crippen molar-refractivity contribution in [3.05, 3.63) is 75.1 Å². The predicted octanol–water partition coefficient (Wildman–Crippen LogP) is 4.25. The molecule has 0 aliphatic carbocycles. The van der Waals surface area contributed by atoms with Gasteiger partial charge < -0.3 is 14.1 Å². The summed E-state index contributed by atoms with van der Waals surface area (Å²) in [5.74, 6) is 0.488. The van der Waals surface area contributed by atoms with Crippen LogP contribution < -0.4 is 10.4 Å². The van der Waals surface area contributed by atoms with E-state index in [1.165, 1.54) is 0 Å². The van der Waals surface area contributed by atoms with Crippen molar-refractivity contribution < 1.29 is 13.9 Å². The molecular formula is C24H27NO4. The van der Waals surface area contributed by atoms with E-state index >= 15 is 0 Å². The molecule has 0 N–H and O–H groups in total. The molecule has 29 heavy (non-hydrogen) atoms. The third-order valence-electron chi connectivity index (χ3n) is 5.35. The fourth-order valence-electron chi connectivity index (χ4n) is 3.54. The van der Waals surface area contributed by atoms with Crippen LogP contribution in [0.15, 0.2) is 51.7 Å². The van der Waals surface area contributed by atoms with Gasteiger partial charge in [-0.2, -0.15) is 0 Å². The summed E-state index contributed by atoms with van der Waals surface area (Å²) in [5.41, 5.74) is 3.54. The summed E-state index contributed by atoms with van der Waals surface area (Å²) in [6, 6.07) is 13.6. The van der Waals surface area contributed by atoms with Gasteiger partial charge in [0.15, 0.2) is 6.61 Å². The van der Waals surface area contributed by atoms with Crippen molar-refractivity contribution in [1.29, 1.82) is 0 Å². The molecule has 0 saturated carbocycles. The van der Waals surface area contributed by atoms with E-state index in [9.17, 15) is 9.59 Å². The Morgan fingerprint density at radius 3 is 2.34 bits per heavy atom. The number of amides is 1. The molecule has 1 heterocycles. The number of benzene rings is 2. The van der Waals surface area contributed by atoms with Crippen molar-refractivity contribution in [3.8, 4) is 5.75 Å². The molecule has 2 aromatic carbocycles. The van der Waals surface area contributed by atoms with Crippen molar-refractivity contribution in [2.45, 2.75) is 34.1 Å².